The van der Waals surface area contributed by atoms with Gasteiger partial charge in [0.2, 0.25) is 5.88 Å². The van der Waals surface area contributed by atoms with Crippen LogP contribution in [0.3, 0.4) is 0 Å². The fourth-order valence-electron chi connectivity index (χ4n) is 4.03. The third-order valence-corrected chi connectivity index (χ3v) is 6.26. The topological polar surface area (TPSA) is 63.7 Å². The first-order valence-electron chi connectivity index (χ1n) is 12.0. The third-order valence-electron chi connectivity index (χ3n) is 5.96. The molecule has 1 aliphatic heterocycles. The van der Waals surface area contributed by atoms with Crippen LogP contribution in [0.2, 0.25) is 5.02 Å². The molecule has 0 bridgehead atoms. The molecule has 1 fully saturated rings. The van der Waals surface area contributed by atoms with Gasteiger partial charge >= 0.3 is 6.18 Å². The molecule has 1 saturated heterocycles. The van der Waals surface area contributed by atoms with E-state index in [1.54, 1.807) is 6.07 Å². The first-order valence-corrected chi connectivity index (χ1v) is 12.3. The molecular formula is C27H27ClF3N3O3. The minimum absolute atomic E-state index is 0.0412. The Hall–Kier alpha value is -3.14. The van der Waals surface area contributed by atoms with Crippen LogP contribution in [0, 0.1) is 0 Å². The summed E-state index contributed by atoms with van der Waals surface area (Å²) >= 11 is 6.01. The highest BCUT2D eigenvalue weighted by Crippen LogP contribution is 2.36. The Bertz CT molecular complexity index is 1190. The Labute approximate surface area is 218 Å². The van der Waals surface area contributed by atoms with Crippen LogP contribution in [0.4, 0.5) is 13.2 Å². The number of aromatic nitrogens is 1. The molecule has 4 rings (SSSR count). The Kier molecular flexibility index (Phi) is 9.02. The molecule has 196 valence electrons. The zero-order chi connectivity index (χ0) is 26.3. The number of amides is 1. The van der Waals surface area contributed by atoms with Crippen LogP contribution in [0.5, 0.6) is 11.6 Å². The number of carbonyl (C=O) groups is 1. The molecule has 1 atom stereocenters. The molecule has 1 aliphatic rings. The predicted octanol–water partition coefficient (Wildman–Crippen LogP) is 5.96. The van der Waals surface area contributed by atoms with Crippen molar-refractivity contribution in [2.75, 3.05) is 26.2 Å². The summed E-state index contributed by atoms with van der Waals surface area (Å²) in [5.41, 5.74) is 0.265. The summed E-state index contributed by atoms with van der Waals surface area (Å²) in [6.07, 6.45) is -1.08. The first-order chi connectivity index (χ1) is 17.8. The molecule has 1 aromatic heterocycles. The maximum absolute atomic E-state index is 13.1. The van der Waals surface area contributed by atoms with Crippen molar-refractivity contribution in [1.82, 2.24) is 15.2 Å². The minimum Gasteiger partial charge on any atom is -0.437 e. The van der Waals surface area contributed by atoms with Gasteiger partial charge in [-0.3, -0.25) is 4.79 Å². The van der Waals surface area contributed by atoms with E-state index in [1.807, 2.05) is 30.3 Å². The van der Waals surface area contributed by atoms with Crippen molar-refractivity contribution in [2.45, 2.75) is 31.7 Å². The molecule has 3 aromatic rings. The van der Waals surface area contributed by atoms with E-state index < -0.39 is 17.6 Å². The monoisotopic (exact) mass is 533 g/mol. The Morgan fingerprint density at radius 3 is 2.54 bits per heavy atom. The van der Waals surface area contributed by atoms with E-state index in [0.29, 0.717) is 13.2 Å². The number of rotatable bonds is 10. The molecule has 6 nitrogen and oxygen atoms in total. The summed E-state index contributed by atoms with van der Waals surface area (Å²) in [7, 11) is 0. The van der Waals surface area contributed by atoms with Gasteiger partial charge in [0.15, 0.2) is 0 Å². The number of nitrogens with zero attached hydrogens (tertiary/aromatic N) is 2. The van der Waals surface area contributed by atoms with E-state index in [2.05, 4.69) is 15.2 Å². The molecule has 2 aromatic carbocycles. The Balaban J connectivity index is 1.42. The quantitative estimate of drug-likeness (QED) is 0.348. The lowest BCUT2D eigenvalue weighted by Crippen LogP contribution is -2.41. The summed E-state index contributed by atoms with van der Waals surface area (Å²) in [5.74, 6) is -0.552. The lowest BCUT2D eigenvalue weighted by molar-refractivity contribution is -0.137. The van der Waals surface area contributed by atoms with E-state index in [9.17, 15) is 18.0 Å². The maximum Gasteiger partial charge on any atom is 0.416 e. The number of hydrogen-bond donors (Lipinski definition) is 1. The maximum atomic E-state index is 13.1. The molecule has 2 heterocycles. The van der Waals surface area contributed by atoms with Crippen molar-refractivity contribution in [3.8, 4) is 11.6 Å². The Morgan fingerprint density at radius 2 is 1.84 bits per heavy atom. The number of likely N-dealkylation sites (tertiary alicyclic amines) is 1. The summed E-state index contributed by atoms with van der Waals surface area (Å²) < 4.78 is 50.6. The largest absolute Gasteiger partial charge is 0.437 e. The predicted molar refractivity (Wildman–Crippen MR) is 134 cm³/mol. The number of hydrogen-bond acceptors (Lipinski definition) is 5. The highest BCUT2D eigenvalue weighted by Gasteiger charge is 2.31. The molecule has 1 N–H and O–H groups in total. The van der Waals surface area contributed by atoms with Gasteiger partial charge < -0.3 is 19.7 Å². The smallest absolute Gasteiger partial charge is 0.416 e. The second kappa shape index (κ2) is 12.4. The standard InChI is InChI=1S/C27H27ClF3N3O3/c28-23-15-20(27(29,30)31)10-11-24(23)37-26-22(9-6-12-32-26)25(35)33-16-21(17-34-13-4-5-14-34)36-18-19-7-2-1-3-8-19/h1-3,6-12,15,21H,4-5,13-14,16-18H2,(H,33,35)/t21-/m0/s1. The highest BCUT2D eigenvalue weighted by molar-refractivity contribution is 6.32. The SMILES string of the molecule is O=C(NC[C@@H](CN1CCCC1)OCc1ccccc1)c1cccnc1Oc1ccc(C(F)(F)F)cc1Cl. The van der Waals surface area contributed by atoms with Crippen LogP contribution in [-0.2, 0) is 17.5 Å². The first kappa shape index (κ1) is 26.9. The minimum atomic E-state index is -4.54. The van der Waals surface area contributed by atoms with Crippen molar-refractivity contribution >= 4 is 17.5 Å². The van der Waals surface area contributed by atoms with E-state index in [-0.39, 0.29) is 34.9 Å². The van der Waals surface area contributed by atoms with Gasteiger partial charge in [-0.15, -0.1) is 0 Å². The molecular weight excluding hydrogens is 507 g/mol. The number of nitrogens with one attached hydrogen (secondary N) is 1. The average Bonchev–Trinajstić information content (AvgIpc) is 3.40. The van der Waals surface area contributed by atoms with Gasteiger partial charge in [-0.05, 0) is 61.8 Å². The van der Waals surface area contributed by atoms with E-state index in [0.717, 1.165) is 49.7 Å². The molecule has 37 heavy (non-hydrogen) atoms. The third kappa shape index (κ3) is 7.67. The van der Waals surface area contributed by atoms with Gasteiger partial charge in [0.25, 0.3) is 5.91 Å². The molecule has 1 amide bonds. The molecule has 0 radical (unpaired) electrons. The second-order valence-corrected chi connectivity index (χ2v) is 9.14. The summed E-state index contributed by atoms with van der Waals surface area (Å²) in [6, 6.07) is 15.6. The lowest BCUT2D eigenvalue weighted by Gasteiger charge is -2.24. The number of ether oxygens (including phenoxy) is 2. The van der Waals surface area contributed by atoms with E-state index in [1.165, 1.54) is 12.3 Å². The molecule has 0 saturated carbocycles. The zero-order valence-corrected chi connectivity index (χ0v) is 20.8. The number of halogens is 4. The van der Waals surface area contributed by atoms with Crippen molar-refractivity contribution in [1.29, 1.82) is 0 Å². The summed E-state index contributed by atoms with van der Waals surface area (Å²) in [6.45, 7) is 3.35. The van der Waals surface area contributed by atoms with Gasteiger partial charge in [-0.25, -0.2) is 4.98 Å². The molecule has 0 unspecified atom stereocenters. The van der Waals surface area contributed by atoms with Crippen molar-refractivity contribution in [2.24, 2.45) is 0 Å². The normalized spacial score (nSPS) is 14.9. The van der Waals surface area contributed by atoms with Crippen molar-refractivity contribution in [3.63, 3.8) is 0 Å². The molecule has 10 heteroatoms. The van der Waals surface area contributed by atoms with Crippen molar-refractivity contribution < 1.29 is 27.4 Å². The molecule has 0 aliphatic carbocycles. The van der Waals surface area contributed by atoms with Crippen molar-refractivity contribution in [3.05, 3.63) is 88.6 Å². The van der Waals surface area contributed by atoms with Gasteiger partial charge in [0, 0.05) is 19.3 Å². The van der Waals surface area contributed by atoms with Crippen LogP contribution in [0.1, 0.15) is 34.3 Å². The van der Waals surface area contributed by atoms with E-state index in [4.69, 9.17) is 21.1 Å². The van der Waals surface area contributed by atoms with Crippen LogP contribution < -0.4 is 10.1 Å². The fourth-order valence-corrected chi connectivity index (χ4v) is 4.25. The van der Waals surface area contributed by atoms with E-state index >= 15 is 0 Å². The zero-order valence-electron chi connectivity index (χ0n) is 20.0. The lowest BCUT2D eigenvalue weighted by atomic mass is 10.2. The van der Waals surface area contributed by atoms with Crippen LogP contribution in [-0.4, -0.2) is 48.1 Å². The molecule has 0 spiro atoms. The summed E-state index contributed by atoms with van der Waals surface area (Å²) in [4.78, 5) is 19.5. The van der Waals surface area contributed by atoms with Crippen LogP contribution in [0.15, 0.2) is 66.9 Å². The number of pyridine rings is 1. The number of alkyl halides is 3. The van der Waals surface area contributed by atoms with Crippen LogP contribution in [0.25, 0.3) is 0 Å². The van der Waals surface area contributed by atoms with Crippen LogP contribution >= 0.6 is 11.6 Å². The Morgan fingerprint density at radius 1 is 1.08 bits per heavy atom. The fraction of sp³-hybridized carbons (Fsp3) is 0.333. The van der Waals surface area contributed by atoms with Gasteiger partial charge in [0.05, 0.1) is 23.3 Å². The van der Waals surface area contributed by atoms with Gasteiger partial charge in [-0.2, -0.15) is 13.2 Å². The second-order valence-electron chi connectivity index (χ2n) is 8.74. The van der Waals surface area contributed by atoms with Gasteiger partial charge in [0.1, 0.15) is 11.3 Å². The summed E-state index contributed by atoms with van der Waals surface area (Å²) in [5, 5.41) is 2.64. The number of benzene rings is 2. The van der Waals surface area contributed by atoms with Gasteiger partial charge in [-0.1, -0.05) is 41.9 Å². The average molecular weight is 534 g/mol. The number of carbonyl (C=O) groups excluding carboxylic acids is 1. The highest BCUT2D eigenvalue weighted by atomic mass is 35.5.